The van der Waals surface area contributed by atoms with Gasteiger partial charge in [-0.05, 0) is 25.0 Å². The first-order valence-electron chi connectivity index (χ1n) is 6.93. The van der Waals surface area contributed by atoms with Crippen molar-refractivity contribution in [1.82, 2.24) is 10.1 Å². The van der Waals surface area contributed by atoms with Gasteiger partial charge in [0.2, 0.25) is 5.82 Å². The van der Waals surface area contributed by atoms with E-state index in [-0.39, 0.29) is 24.4 Å². The van der Waals surface area contributed by atoms with Crippen molar-refractivity contribution in [1.29, 1.82) is 0 Å². The maximum Gasteiger partial charge on any atom is 0.309 e. The van der Waals surface area contributed by atoms with E-state index in [4.69, 9.17) is 18.7 Å². The number of benzene rings is 1. The van der Waals surface area contributed by atoms with Crippen molar-refractivity contribution in [2.75, 3.05) is 14.2 Å². The van der Waals surface area contributed by atoms with Crippen molar-refractivity contribution in [3.63, 3.8) is 0 Å². The molecule has 0 saturated heterocycles. The average molecular weight is 304 g/mol. The van der Waals surface area contributed by atoms with Gasteiger partial charge in [0, 0.05) is 6.07 Å². The minimum absolute atomic E-state index is 0.0131. The second-order valence-electron chi connectivity index (χ2n) is 4.96. The molecule has 7 nitrogen and oxygen atoms in total. The van der Waals surface area contributed by atoms with E-state index in [1.165, 1.54) is 0 Å². The van der Waals surface area contributed by atoms with Crippen LogP contribution in [0.5, 0.6) is 11.5 Å². The molecule has 0 N–H and O–H groups in total. The molecule has 0 bridgehead atoms. The topological polar surface area (TPSA) is 83.7 Å². The molecule has 0 unspecified atom stereocenters. The maximum absolute atomic E-state index is 11.5. The summed E-state index contributed by atoms with van der Waals surface area (Å²) in [4.78, 5) is 15.7. The zero-order valence-electron chi connectivity index (χ0n) is 12.4. The van der Waals surface area contributed by atoms with Crippen LogP contribution in [0.4, 0.5) is 0 Å². The maximum atomic E-state index is 11.5. The second kappa shape index (κ2) is 6.05. The molecule has 116 valence electrons. The van der Waals surface area contributed by atoms with Gasteiger partial charge in [0.25, 0.3) is 5.89 Å². The first kappa shape index (κ1) is 14.4. The molecule has 1 aromatic heterocycles. The molecule has 1 saturated carbocycles. The number of esters is 1. The Labute approximate surface area is 127 Å². The monoisotopic (exact) mass is 304 g/mol. The highest BCUT2D eigenvalue weighted by molar-refractivity contribution is 5.74. The number of aromatic nitrogens is 2. The Bertz CT molecular complexity index is 678. The molecule has 0 spiro atoms. The lowest BCUT2D eigenvalue weighted by atomic mass is 10.2. The fourth-order valence-corrected chi connectivity index (χ4v) is 1.98. The largest absolute Gasteiger partial charge is 0.497 e. The Balaban J connectivity index is 1.73. The van der Waals surface area contributed by atoms with Gasteiger partial charge in [0.15, 0.2) is 6.61 Å². The summed E-state index contributed by atoms with van der Waals surface area (Å²) in [5, 5.41) is 3.89. The highest BCUT2D eigenvalue weighted by Gasteiger charge is 2.31. The number of nitrogens with zero attached hydrogens (tertiary/aromatic N) is 2. The summed E-state index contributed by atoms with van der Waals surface area (Å²) in [7, 11) is 3.13. The third-order valence-electron chi connectivity index (χ3n) is 3.37. The van der Waals surface area contributed by atoms with Crippen molar-refractivity contribution in [2.24, 2.45) is 5.92 Å². The number of hydrogen-bond donors (Lipinski definition) is 0. The summed E-state index contributed by atoms with van der Waals surface area (Å²) >= 11 is 0. The van der Waals surface area contributed by atoms with E-state index in [9.17, 15) is 4.79 Å². The minimum atomic E-state index is -0.207. The van der Waals surface area contributed by atoms with E-state index in [0.29, 0.717) is 22.9 Å². The molecule has 1 heterocycles. The molecule has 7 heteroatoms. The van der Waals surface area contributed by atoms with Gasteiger partial charge in [-0.3, -0.25) is 4.79 Å². The van der Waals surface area contributed by atoms with E-state index >= 15 is 0 Å². The average Bonchev–Trinajstić information content (AvgIpc) is 3.30. The lowest BCUT2D eigenvalue weighted by molar-refractivity contribution is -0.147. The molecule has 0 radical (unpaired) electrons. The molecule has 1 aromatic carbocycles. The third-order valence-corrected chi connectivity index (χ3v) is 3.37. The fourth-order valence-electron chi connectivity index (χ4n) is 1.98. The molecular weight excluding hydrogens is 288 g/mol. The summed E-state index contributed by atoms with van der Waals surface area (Å²) in [5.41, 5.74) is 0.673. The zero-order valence-corrected chi connectivity index (χ0v) is 12.4. The van der Waals surface area contributed by atoms with Crippen molar-refractivity contribution < 1.29 is 23.5 Å². The highest BCUT2D eigenvalue weighted by Crippen LogP contribution is 2.32. The van der Waals surface area contributed by atoms with Crippen LogP contribution < -0.4 is 9.47 Å². The summed E-state index contributed by atoms with van der Waals surface area (Å²) in [6.45, 7) is -0.0131. The van der Waals surface area contributed by atoms with Crippen LogP contribution >= 0.6 is 0 Å². The number of rotatable bonds is 6. The number of carbonyl (C=O) groups excluding carboxylic acids is 1. The highest BCUT2D eigenvalue weighted by atomic mass is 16.6. The van der Waals surface area contributed by atoms with Crippen LogP contribution in [0, 0.1) is 5.92 Å². The van der Waals surface area contributed by atoms with Crippen molar-refractivity contribution in [3.8, 4) is 22.9 Å². The van der Waals surface area contributed by atoms with Crippen LogP contribution in [0.3, 0.4) is 0 Å². The van der Waals surface area contributed by atoms with Gasteiger partial charge < -0.3 is 18.7 Å². The minimum Gasteiger partial charge on any atom is -0.497 e. The van der Waals surface area contributed by atoms with Crippen LogP contribution in [-0.4, -0.2) is 30.3 Å². The third kappa shape index (κ3) is 3.03. The lowest BCUT2D eigenvalue weighted by Gasteiger charge is -2.07. The zero-order chi connectivity index (χ0) is 15.5. The molecule has 22 heavy (non-hydrogen) atoms. The number of ether oxygens (including phenoxy) is 3. The van der Waals surface area contributed by atoms with E-state index in [2.05, 4.69) is 10.1 Å². The first-order valence-corrected chi connectivity index (χ1v) is 6.93. The van der Waals surface area contributed by atoms with Crippen molar-refractivity contribution in [3.05, 3.63) is 24.1 Å². The smallest absolute Gasteiger partial charge is 0.309 e. The van der Waals surface area contributed by atoms with Crippen molar-refractivity contribution in [2.45, 2.75) is 19.4 Å². The Morgan fingerprint density at radius 3 is 2.82 bits per heavy atom. The molecule has 1 aliphatic rings. The summed E-state index contributed by atoms with van der Waals surface area (Å²) < 4.78 is 20.7. The summed E-state index contributed by atoms with van der Waals surface area (Å²) in [6, 6.07) is 5.29. The molecule has 0 atom stereocenters. The van der Waals surface area contributed by atoms with Crippen molar-refractivity contribution >= 4 is 5.97 Å². The Morgan fingerprint density at radius 2 is 2.14 bits per heavy atom. The van der Waals surface area contributed by atoms with Gasteiger partial charge in [0.05, 0.1) is 25.7 Å². The Morgan fingerprint density at radius 1 is 1.32 bits per heavy atom. The van der Waals surface area contributed by atoms with Gasteiger partial charge in [-0.1, -0.05) is 5.16 Å². The van der Waals surface area contributed by atoms with E-state index in [1.54, 1.807) is 32.4 Å². The van der Waals surface area contributed by atoms with Crippen LogP contribution in [-0.2, 0) is 16.1 Å². The van der Waals surface area contributed by atoms with Gasteiger partial charge in [-0.15, -0.1) is 0 Å². The van der Waals surface area contributed by atoms with Gasteiger partial charge in [-0.2, -0.15) is 4.98 Å². The second-order valence-corrected chi connectivity index (χ2v) is 4.96. The van der Waals surface area contributed by atoms with Gasteiger partial charge in [-0.25, -0.2) is 0 Å². The predicted molar refractivity (Wildman–Crippen MR) is 75.4 cm³/mol. The SMILES string of the molecule is COc1ccc(-c2noc(COC(=O)C3CC3)n2)c(OC)c1. The standard InChI is InChI=1S/C15H16N2O5/c1-19-10-5-6-11(12(7-10)20-2)14-16-13(22-17-14)8-21-15(18)9-3-4-9/h5-7,9H,3-4,8H2,1-2H3. The van der Waals surface area contributed by atoms with E-state index in [1.807, 2.05) is 0 Å². The predicted octanol–water partition coefficient (Wildman–Crippen LogP) is 2.21. The Kier molecular flexibility index (Phi) is 3.95. The lowest BCUT2D eigenvalue weighted by Crippen LogP contribution is -2.06. The molecule has 0 aliphatic heterocycles. The van der Waals surface area contributed by atoms with Gasteiger partial charge in [0.1, 0.15) is 11.5 Å². The number of carbonyl (C=O) groups is 1. The molecular formula is C15H16N2O5. The van der Waals surface area contributed by atoms with Gasteiger partial charge >= 0.3 is 5.97 Å². The number of hydrogen-bond acceptors (Lipinski definition) is 7. The van der Waals surface area contributed by atoms with Crippen LogP contribution in [0.1, 0.15) is 18.7 Å². The summed E-state index contributed by atoms with van der Waals surface area (Å²) in [6.07, 6.45) is 1.80. The molecule has 1 fully saturated rings. The Hall–Kier alpha value is -2.57. The molecule has 1 aliphatic carbocycles. The molecule has 2 aromatic rings. The van der Waals surface area contributed by atoms with Crippen LogP contribution in [0.25, 0.3) is 11.4 Å². The van der Waals surface area contributed by atoms with E-state index in [0.717, 1.165) is 12.8 Å². The molecule has 0 amide bonds. The first-order chi connectivity index (χ1) is 10.7. The normalized spacial score (nSPS) is 13.7. The quantitative estimate of drug-likeness (QED) is 0.756. The number of methoxy groups -OCH3 is 2. The van der Waals surface area contributed by atoms with Crippen LogP contribution in [0.2, 0.25) is 0 Å². The summed E-state index contributed by atoms with van der Waals surface area (Å²) in [5.74, 6) is 1.70. The van der Waals surface area contributed by atoms with Crippen LogP contribution in [0.15, 0.2) is 22.7 Å². The molecule has 3 rings (SSSR count). The fraction of sp³-hybridized carbons (Fsp3) is 0.400. The van der Waals surface area contributed by atoms with E-state index < -0.39 is 0 Å².